The van der Waals surface area contributed by atoms with Crippen LogP contribution in [0.15, 0.2) is 18.2 Å². The van der Waals surface area contributed by atoms with Gasteiger partial charge in [-0.3, -0.25) is 10.1 Å². The Morgan fingerprint density at radius 1 is 1.37 bits per heavy atom. The van der Waals surface area contributed by atoms with Crippen LogP contribution >= 0.6 is 0 Å². The smallest absolute Gasteiger partial charge is 0.275 e. The Morgan fingerprint density at radius 3 is 2.58 bits per heavy atom. The van der Waals surface area contributed by atoms with E-state index in [2.05, 4.69) is 12.2 Å². The van der Waals surface area contributed by atoms with Crippen LogP contribution in [0, 0.1) is 10.1 Å². The van der Waals surface area contributed by atoms with Gasteiger partial charge in [-0.2, -0.15) is 0 Å². The predicted molar refractivity (Wildman–Crippen MR) is 74.8 cm³/mol. The summed E-state index contributed by atoms with van der Waals surface area (Å²) in [5, 5.41) is 14.4. The van der Waals surface area contributed by atoms with Crippen molar-refractivity contribution in [1.29, 1.82) is 0 Å². The summed E-state index contributed by atoms with van der Waals surface area (Å²) in [6.07, 6.45) is 4.49. The summed E-state index contributed by atoms with van der Waals surface area (Å²) in [5.74, 6) is 0.546. The fourth-order valence-corrected chi connectivity index (χ4v) is 2.49. The molecule has 0 radical (unpaired) electrons. The Hall–Kier alpha value is -1.78. The highest BCUT2D eigenvalue weighted by molar-refractivity contribution is 5.57. The lowest BCUT2D eigenvalue weighted by Crippen LogP contribution is -2.44. The molecule has 0 amide bonds. The zero-order valence-corrected chi connectivity index (χ0v) is 11.4. The highest BCUT2D eigenvalue weighted by Crippen LogP contribution is 2.39. The average Bonchev–Trinajstić information content (AvgIpc) is 2.34. The summed E-state index contributed by atoms with van der Waals surface area (Å²) in [7, 11) is 0. The molecule has 1 aromatic rings. The molecule has 19 heavy (non-hydrogen) atoms. The Balaban J connectivity index is 2.25. The molecule has 0 aliphatic heterocycles. The molecular weight excluding hydrogens is 244 g/mol. The van der Waals surface area contributed by atoms with Crippen LogP contribution in [-0.2, 0) is 0 Å². The third-order valence-corrected chi connectivity index (χ3v) is 3.81. The van der Waals surface area contributed by atoms with Crippen molar-refractivity contribution in [2.45, 2.75) is 45.1 Å². The Kier molecular flexibility index (Phi) is 3.93. The number of nitrogens with one attached hydrogen (secondary N) is 1. The van der Waals surface area contributed by atoms with Crippen LogP contribution in [0.5, 0.6) is 5.75 Å². The first-order valence-electron chi connectivity index (χ1n) is 6.79. The van der Waals surface area contributed by atoms with Crippen molar-refractivity contribution in [1.82, 2.24) is 0 Å². The summed E-state index contributed by atoms with van der Waals surface area (Å²) in [5.41, 5.74) is 0.955. The van der Waals surface area contributed by atoms with E-state index in [-0.39, 0.29) is 16.1 Å². The van der Waals surface area contributed by atoms with Gasteiger partial charge in [0.25, 0.3) is 5.69 Å². The number of nitro groups is 1. The molecule has 1 fully saturated rings. The number of benzene rings is 1. The first kappa shape index (κ1) is 13.6. The first-order chi connectivity index (χ1) is 9.08. The summed E-state index contributed by atoms with van der Waals surface area (Å²) in [6.45, 7) is 4.51. The molecule has 1 aliphatic carbocycles. The summed E-state index contributed by atoms with van der Waals surface area (Å²) < 4.78 is 5.39. The highest BCUT2D eigenvalue weighted by Gasteiger charge is 2.35. The number of non-ortho nitro benzene ring substituents is 1. The standard InChI is InChI=1S/C14H20N2O3/c1-3-14(6-5-7-14)15-11-8-12(16(17)18)10-13(9-11)19-4-2/h8-10,15H,3-7H2,1-2H3. The third kappa shape index (κ3) is 2.97. The minimum Gasteiger partial charge on any atom is -0.494 e. The van der Waals surface area contributed by atoms with Crippen molar-refractivity contribution in [2.75, 3.05) is 11.9 Å². The number of hydrogen-bond acceptors (Lipinski definition) is 4. The van der Waals surface area contributed by atoms with Gasteiger partial charge in [-0.1, -0.05) is 6.92 Å². The Labute approximate surface area is 113 Å². The molecule has 0 spiro atoms. The second-order valence-electron chi connectivity index (χ2n) is 5.02. The normalized spacial score (nSPS) is 16.5. The molecule has 1 aromatic carbocycles. The maximum absolute atomic E-state index is 11.0. The van der Waals surface area contributed by atoms with Gasteiger partial charge in [-0.05, 0) is 32.6 Å². The molecule has 0 saturated heterocycles. The fraction of sp³-hybridized carbons (Fsp3) is 0.571. The number of nitrogens with zero attached hydrogens (tertiary/aromatic N) is 1. The minimum absolute atomic E-state index is 0.0685. The van der Waals surface area contributed by atoms with E-state index in [0.717, 1.165) is 24.9 Å². The summed E-state index contributed by atoms with van der Waals surface area (Å²) >= 11 is 0. The molecule has 0 bridgehead atoms. The molecule has 104 valence electrons. The monoisotopic (exact) mass is 264 g/mol. The maximum Gasteiger partial charge on any atom is 0.275 e. The summed E-state index contributed by atoms with van der Waals surface area (Å²) in [4.78, 5) is 10.6. The molecule has 0 heterocycles. The van der Waals surface area contributed by atoms with Crippen molar-refractivity contribution in [3.63, 3.8) is 0 Å². The van der Waals surface area contributed by atoms with Gasteiger partial charge in [-0.15, -0.1) is 0 Å². The largest absolute Gasteiger partial charge is 0.494 e. The molecule has 1 N–H and O–H groups in total. The van der Waals surface area contributed by atoms with E-state index in [1.165, 1.54) is 12.5 Å². The Morgan fingerprint density at radius 2 is 2.11 bits per heavy atom. The van der Waals surface area contributed by atoms with Crippen LogP contribution in [0.3, 0.4) is 0 Å². The van der Waals surface area contributed by atoms with Gasteiger partial charge in [0.05, 0.1) is 17.6 Å². The van der Waals surface area contributed by atoms with E-state index in [4.69, 9.17) is 4.74 Å². The lowest BCUT2D eigenvalue weighted by Gasteiger charge is -2.42. The second-order valence-corrected chi connectivity index (χ2v) is 5.02. The lowest BCUT2D eigenvalue weighted by atomic mass is 9.74. The Bertz CT molecular complexity index is 464. The van der Waals surface area contributed by atoms with Crippen LogP contribution in [0.1, 0.15) is 39.5 Å². The second kappa shape index (κ2) is 5.47. The first-order valence-corrected chi connectivity index (χ1v) is 6.79. The molecule has 0 unspecified atom stereocenters. The highest BCUT2D eigenvalue weighted by atomic mass is 16.6. The zero-order chi connectivity index (χ0) is 13.9. The van der Waals surface area contributed by atoms with Crippen molar-refractivity contribution in [2.24, 2.45) is 0 Å². The van der Waals surface area contributed by atoms with Gasteiger partial charge in [-0.25, -0.2) is 0 Å². The van der Waals surface area contributed by atoms with E-state index in [1.807, 2.05) is 13.0 Å². The van der Waals surface area contributed by atoms with Gasteiger partial charge in [0.2, 0.25) is 0 Å². The third-order valence-electron chi connectivity index (χ3n) is 3.81. The van der Waals surface area contributed by atoms with E-state index in [1.54, 1.807) is 6.07 Å². The van der Waals surface area contributed by atoms with Gasteiger partial charge in [0.1, 0.15) is 5.75 Å². The SMILES string of the molecule is CCOc1cc(NC2(CC)CCC2)cc([N+](=O)[O-])c1. The van der Waals surface area contributed by atoms with E-state index >= 15 is 0 Å². The zero-order valence-electron chi connectivity index (χ0n) is 11.4. The van der Waals surface area contributed by atoms with Crippen LogP contribution in [-0.4, -0.2) is 17.1 Å². The minimum atomic E-state index is -0.382. The topological polar surface area (TPSA) is 64.4 Å². The molecule has 5 nitrogen and oxygen atoms in total. The van der Waals surface area contributed by atoms with Crippen LogP contribution in [0.25, 0.3) is 0 Å². The number of anilines is 1. The van der Waals surface area contributed by atoms with Gasteiger partial charge in [0, 0.05) is 23.4 Å². The van der Waals surface area contributed by atoms with Crippen LogP contribution < -0.4 is 10.1 Å². The van der Waals surface area contributed by atoms with E-state index in [9.17, 15) is 10.1 Å². The maximum atomic E-state index is 11.0. The molecule has 1 saturated carbocycles. The van der Waals surface area contributed by atoms with Crippen LogP contribution in [0.4, 0.5) is 11.4 Å². The average molecular weight is 264 g/mol. The molecular formula is C14H20N2O3. The summed E-state index contributed by atoms with van der Waals surface area (Å²) in [6, 6.07) is 4.89. The molecule has 2 rings (SSSR count). The quantitative estimate of drug-likeness (QED) is 0.628. The molecule has 1 aliphatic rings. The number of ether oxygens (including phenoxy) is 1. The van der Waals surface area contributed by atoms with Crippen LogP contribution in [0.2, 0.25) is 0 Å². The number of hydrogen-bond donors (Lipinski definition) is 1. The van der Waals surface area contributed by atoms with Crippen molar-refractivity contribution in [3.8, 4) is 5.75 Å². The van der Waals surface area contributed by atoms with Gasteiger partial charge < -0.3 is 10.1 Å². The van der Waals surface area contributed by atoms with Gasteiger partial charge >= 0.3 is 0 Å². The number of nitro benzene ring substituents is 1. The predicted octanol–water partition coefficient (Wildman–Crippen LogP) is 3.74. The lowest BCUT2D eigenvalue weighted by molar-refractivity contribution is -0.384. The van der Waals surface area contributed by atoms with Gasteiger partial charge in [0.15, 0.2) is 0 Å². The van der Waals surface area contributed by atoms with E-state index in [0.29, 0.717) is 12.4 Å². The fourth-order valence-electron chi connectivity index (χ4n) is 2.49. The molecule has 5 heteroatoms. The molecule has 0 aromatic heterocycles. The van der Waals surface area contributed by atoms with Crippen molar-refractivity contribution < 1.29 is 9.66 Å². The molecule has 0 atom stereocenters. The number of rotatable bonds is 6. The van der Waals surface area contributed by atoms with Crippen molar-refractivity contribution >= 4 is 11.4 Å². The van der Waals surface area contributed by atoms with Crippen molar-refractivity contribution in [3.05, 3.63) is 28.3 Å². The van der Waals surface area contributed by atoms with E-state index < -0.39 is 0 Å².